The number of benzene rings is 1. The zero-order valence-corrected chi connectivity index (χ0v) is 22.1. The maximum atomic E-state index is 12.8. The van der Waals surface area contributed by atoms with E-state index in [1.54, 1.807) is 0 Å². The molecule has 3 aromatic rings. The summed E-state index contributed by atoms with van der Waals surface area (Å²) in [6.45, 7) is 9.24. The molecule has 2 amide bonds. The average molecular weight is 514 g/mol. The van der Waals surface area contributed by atoms with Crippen LogP contribution < -0.4 is 15.8 Å². The molecule has 0 saturated carbocycles. The minimum absolute atomic E-state index is 0.146. The van der Waals surface area contributed by atoms with Gasteiger partial charge in [-0.05, 0) is 68.7 Å². The van der Waals surface area contributed by atoms with Gasteiger partial charge in [-0.15, -0.1) is 21.5 Å². The molecule has 3 N–H and O–H groups in total. The minimum Gasteiger partial charge on any atom is -0.485 e. The molecule has 186 valence electrons. The smallest absolute Gasteiger partial charge is 0.251 e. The summed E-state index contributed by atoms with van der Waals surface area (Å²) in [7, 11) is 0. The fourth-order valence-corrected chi connectivity index (χ4v) is 6.52. The number of thiophene rings is 1. The van der Waals surface area contributed by atoms with E-state index in [0.717, 1.165) is 41.0 Å². The van der Waals surface area contributed by atoms with Crippen LogP contribution in [-0.2, 0) is 30.8 Å². The van der Waals surface area contributed by atoms with E-state index in [1.807, 2.05) is 30.5 Å². The third-order valence-electron chi connectivity index (χ3n) is 6.36. The fraction of sp³-hybridized carbons (Fsp3) is 0.440. The zero-order valence-electron chi connectivity index (χ0n) is 20.5. The number of carbonyl (C=O) groups excluding carboxylic acids is 2. The van der Waals surface area contributed by atoms with Gasteiger partial charge in [0.25, 0.3) is 5.91 Å². The van der Waals surface area contributed by atoms with Gasteiger partial charge in [-0.1, -0.05) is 30.8 Å². The minimum atomic E-state index is -0.487. The number of thioether (sulfide) groups is 1. The second-order valence-electron chi connectivity index (χ2n) is 8.89. The molecule has 2 heterocycles. The fourth-order valence-electron chi connectivity index (χ4n) is 4.27. The Balaban J connectivity index is 1.40. The van der Waals surface area contributed by atoms with Crippen LogP contribution in [0.25, 0.3) is 0 Å². The molecule has 1 unspecified atom stereocenters. The maximum absolute atomic E-state index is 12.8. The second kappa shape index (κ2) is 10.8. The Morgan fingerprint density at radius 1 is 1.31 bits per heavy atom. The molecule has 10 heteroatoms. The molecule has 0 aliphatic heterocycles. The normalized spacial score (nSPS) is 15.0. The van der Waals surface area contributed by atoms with Crippen molar-refractivity contribution < 1.29 is 14.3 Å². The lowest BCUT2D eigenvalue weighted by Crippen LogP contribution is -2.20. The van der Waals surface area contributed by atoms with Crippen molar-refractivity contribution in [1.82, 2.24) is 14.8 Å². The first kappa shape index (κ1) is 25.2. The van der Waals surface area contributed by atoms with Crippen molar-refractivity contribution in [1.29, 1.82) is 0 Å². The summed E-state index contributed by atoms with van der Waals surface area (Å²) < 4.78 is 7.94. The van der Waals surface area contributed by atoms with Crippen LogP contribution in [0.4, 0.5) is 5.00 Å². The number of nitrogens with one attached hydrogen (secondary N) is 1. The quantitative estimate of drug-likeness (QED) is 0.407. The predicted octanol–water partition coefficient (Wildman–Crippen LogP) is 4.51. The van der Waals surface area contributed by atoms with Gasteiger partial charge in [0, 0.05) is 11.4 Å². The summed E-state index contributed by atoms with van der Waals surface area (Å²) in [5.41, 5.74) is 9.41. The Kier molecular flexibility index (Phi) is 7.81. The highest BCUT2D eigenvalue weighted by molar-refractivity contribution is 7.99. The molecule has 1 aliphatic carbocycles. The maximum Gasteiger partial charge on any atom is 0.251 e. The lowest BCUT2D eigenvalue weighted by molar-refractivity contribution is -0.113. The highest BCUT2D eigenvalue weighted by Gasteiger charge is 2.27. The molecule has 0 radical (unpaired) electrons. The van der Waals surface area contributed by atoms with Crippen LogP contribution in [0.15, 0.2) is 23.4 Å². The lowest BCUT2D eigenvalue weighted by Gasteiger charge is -2.18. The van der Waals surface area contributed by atoms with Crippen LogP contribution in [0.2, 0.25) is 0 Å². The number of hydrogen-bond acceptors (Lipinski definition) is 7. The summed E-state index contributed by atoms with van der Waals surface area (Å²) in [6, 6.07) is 5.96. The van der Waals surface area contributed by atoms with E-state index in [2.05, 4.69) is 35.4 Å². The number of fused-ring (bicyclic) bond motifs is 1. The Labute approximate surface area is 213 Å². The number of amides is 2. The van der Waals surface area contributed by atoms with Gasteiger partial charge in [-0.3, -0.25) is 9.59 Å². The molecular weight excluding hydrogens is 482 g/mol. The molecule has 0 bridgehead atoms. The molecule has 1 aromatic carbocycles. The predicted molar refractivity (Wildman–Crippen MR) is 139 cm³/mol. The summed E-state index contributed by atoms with van der Waals surface area (Å²) in [5, 5.41) is 12.7. The van der Waals surface area contributed by atoms with E-state index >= 15 is 0 Å². The van der Waals surface area contributed by atoms with E-state index < -0.39 is 5.91 Å². The Bertz CT molecular complexity index is 1250. The van der Waals surface area contributed by atoms with Gasteiger partial charge in [0.15, 0.2) is 11.0 Å². The highest BCUT2D eigenvalue weighted by Crippen LogP contribution is 2.39. The number of rotatable bonds is 9. The first-order valence-electron chi connectivity index (χ1n) is 11.8. The van der Waals surface area contributed by atoms with Crippen molar-refractivity contribution in [3.05, 3.63) is 51.2 Å². The number of ether oxygens (including phenoxy) is 1. The number of primary amides is 1. The summed E-state index contributed by atoms with van der Waals surface area (Å²) >= 11 is 2.78. The van der Waals surface area contributed by atoms with Gasteiger partial charge in [0.05, 0.1) is 11.3 Å². The SMILES string of the molecule is CCn1c(COc2cccc(C)c2C)nnc1SCC(=O)Nc1sc2c(c1C(N)=O)CCC(C)C2. The lowest BCUT2D eigenvalue weighted by atomic mass is 9.88. The average Bonchev–Trinajstić information content (AvgIpc) is 3.38. The largest absolute Gasteiger partial charge is 0.485 e. The number of anilines is 1. The number of nitrogens with two attached hydrogens (primary N) is 1. The van der Waals surface area contributed by atoms with Crippen molar-refractivity contribution in [2.45, 2.75) is 65.3 Å². The Morgan fingerprint density at radius 3 is 2.86 bits per heavy atom. The van der Waals surface area contributed by atoms with Gasteiger partial charge in [0.1, 0.15) is 17.4 Å². The van der Waals surface area contributed by atoms with Crippen molar-refractivity contribution in [2.24, 2.45) is 11.7 Å². The van der Waals surface area contributed by atoms with Crippen LogP contribution in [0.1, 0.15) is 58.0 Å². The topological polar surface area (TPSA) is 112 Å². The summed E-state index contributed by atoms with van der Waals surface area (Å²) in [4.78, 5) is 26.0. The van der Waals surface area contributed by atoms with E-state index in [0.29, 0.717) is 40.6 Å². The van der Waals surface area contributed by atoms with Crippen molar-refractivity contribution >= 4 is 39.9 Å². The number of aromatic nitrogens is 3. The molecule has 2 aromatic heterocycles. The monoisotopic (exact) mass is 513 g/mol. The number of nitrogens with zero attached hydrogens (tertiary/aromatic N) is 3. The Hall–Kier alpha value is -2.85. The van der Waals surface area contributed by atoms with Crippen LogP contribution >= 0.6 is 23.1 Å². The van der Waals surface area contributed by atoms with Gasteiger partial charge in [0.2, 0.25) is 5.91 Å². The third-order valence-corrected chi connectivity index (χ3v) is 8.50. The molecule has 35 heavy (non-hydrogen) atoms. The number of aryl methyl sites for hydroxylation is 1. The van der Waals surface area contributed by atoms with Gasteiger partial charge >= 0.3 is 0 Å². The van der Waals surface area contributed by atoms with E-state index in [9.17, 15) is 9.59 Å². The molecule has 0 saturated heterocycles. The van der Waals surface area contributed by atoms with Crippen LogP contribution in [0.3, 0.4) is 0 Å². The third kappa shape index (κ3) is 5.54. The number of carbonyl (C=O) groups is 2. The van der Waals surface area contributed by atoms with Gasteiger partial charge in [-0.25, -0.2) is 0 Å². The van der Waals surface area contributed by atoms with Crippen LogP contribution in [-0.4, -0.2) is 32.3 Å². The van der Waals surface area contributed by atoms with E-state index in [-0.39, 0.29) is 11.7 Å². The summed E-state index contributed by atoms with van der Waals surface area (Å²) in [5.74, 6) is 1.54. The molecule has 4 rings (SSSR count). The van der Waals surface area contributed by atoms with E-state index in [4.69, 9.17) is 10.5 Å². The molecule has 1 aliphatic rings. The van der Waals surface area contributed by atoms with Gasteiger partial charge < -0.3 is 20.4 Å². The van der Waals surface area contributed by atoms with Crippen molar-refractivity contribution in [3.63, 3.8) is 0 Å². The van der Waals surface area contributed by atoms with Gasteiger partial charge in [-0.2, -0.15) is 0 Å². The molecule has 0 fully saturated rings. The number of hydrogen-bond donors (Lipinski definition) is 2. The van der Waals surface area contributed by atoms with Crippen molar-refractivity contribution in [3.8, 4) is 5.75 Å². The van der Waals surface area contributed by atoms with E-state index in [1.165, 1.54) is 28.7 Å². The van der Waals surface area contributed by atoms with Crippen molar-refractivity contribution in [2.75, 3.05) is 11.1 Å². The van der Waals surface area contributed by atoms with Crippen LogP contribution in [0.5, 0.6) is 5.75 Å². The molecule has 8 nitrogen and oxygen atoms in total. The van der Waals surface area contributed by atoms with Crippen LogP contribution in [0, 0.1) is 19.8 Å². The summed E-state index contributed by atoms with van der Waals surface area (Å²) in [6.07, 6.45) is 2.76. The highest BCUT2D eigenvalue weighted by atomic mass is 32.2. The zero-order chi connectivity index (χ0) is 25.1. The molecular formula is C25H31N5O3S2. The Morgan fingerprint density at radius 2 is 2.11 bits per heavy atom. The second-order valence-corrected chi connectivity index (χ2v) is 10.9. The first-order chi connectivity index (χ1) is 16.8. The molecule has 0 spiro atoms. The standard InChI is InChI=1S/C25H31N5O3S2/c1-5-30-20(12-33-18-8-6-7-15(3)16(18)4)28-29-25(30)34-13-21(31)27-24-22(23(26)32)17-10-9-14(2)11-19(17)35-24/h6-8,14H,5,9-13H2,1-4H3,(H2,26,32)(H,27,31). The molecule has 1 atom stereocenters. The first-order valence-corrected chi connectivity index (χ1v) is 13.6.